The van der Waals surface area contributed by atoms with Crippen LogP contribution < -0.4 is 9.47 Å². The molecule has 6 nitrogen and oxygen atoms in total. The fourth-order valence-electron chi connectivity index (χ4n) is 4.13. The normalized spacial score (nSPS) is 19.1. The van der Waals surface area contributed by atoms with Crippen molar-refractivity contribution in [2.45, 2.75) is 25.4 Å². The van der Waals surface area contributed by atoms with Crippen molar-refractivity contribution in [3.63, 3.8) is 0 Å². The van der Waals surface area contributed by atoms with Gasteiger partial charge in [0, 0.05) is 43.2 Å². The number of hydrogen-bond acceptors (Lipinski definition) is 5. The van der Waals surface area contributed by atoms with Gasteiger partial charge in [0.2, 0.25) is 0 Å². The highest BCUT2D eigenvalue weighted by molar-refractivity contribution is 5.60. The summed E-state index contributed by atoms with van der Waals surface area (Å²) in [4.78, 5) is 7.21. The predicted octanol–water partition coefficient (Wildman–Crippen LogP) is 3.59. The molecule has 2 aliphatic heterocycles. The molecule has 144 valence electrons. The van der Waals surface area contributed by atoms with Crippen LogP contribution in [-0.4, -0.2) is 39.4 Å². The first-order chi connectivity index (χ1) is 13.8. The Labute approximate surface area is 164 Å². The summed E-state index contributed by atoms with van der Waals surface area (Å²) in [5, 5.41) is 4.23. The van der Waals surface area contributed by atoms with Crippen molar-refractivity contribution in [3.8, 4) is 22.6 Å². The van der Waals surface area contributed by atoms with Crippen molar-refractivity contribution in [3.05, 3.63) is 60.2 Å². The number of ether oxygens (including phenoxy) is 2. The van der Waals surface area contributed by atoms with Gasteiger partial charge >= 0.3 is 0 Å². The van der Waals surface area contributed by atoms with Gasteiger partial charge in [0.25, 0.3) is 0 Å². The number of fused-ring (bicyclic) bond motifs is 1. The summed E-state index contributed by atoms with van der Waals surface area (Å²) in [5.74, 6) is 1.72. The van der Waals surface area contributed by atoms with Crippen LogP contribution in [-0.2, 0) is 13.6 Å². The zero-order valence-electron chi connectivity index (χ0n) is 16.0. The van der Waals surface area contributed by atoms with Gasteiger partial charge in [-0.1, -0.05) is 12.1 Å². The molecule has 0 spiro atoms. The quantitative estimate of drug-likeness (QED) is 0.697. The number of benzene rings is 1. The van der Waals surface area contributed by atoms with Gasteiger partial charge in [-0.3, -0.25) is 14.6 Å². The summed E-state index contributed by atoms with van der Waals surface area (Å²) in [6, 6.07) is 11.0. The third-order valence-electron chi connectivity index (χ3n) is 5.54. The van der Waals surface area contributed by atoms with Crippen molar-refractivity contribution < 1.29 is 9.47 Å². The largest absolute Gasteiger partial charge is 0.486 e. The monoisotopic (exact) mass is 376 g/mol. The van der Waals surface area contributed by atoms with Gasteiger partial charge in [0.15, 0.2) is 11.5 Å². The maximum absolute atomic E-state index is 5.77. The van der Waals surface area contributed by atoms with Crippen molar-refractivity contribution in [1.29, 1.82) is 0 Å². The highest BCUT2D eigenvalue weighted by Crippen LogP contribution is 2.38. The van der Waals surface area contributed by atoms with E-state index in [0.29, 0.717) is 19.3 Å². The summed E-state index contributed by atoms with van der Waals surface area (Å²) >= 11 is 0. The van der Waals surface area contributed by atoms with Crippen LogP contribution in [0.15, 0.2) is 48.9 Å². The van der Waals surface area contributed by atoms with Gasteiger partial charge < -0.3 is 9.47 Å². The summed E-state index contributed by atoms with van der Waals surface area (Å²) in [7, 11) is 1.93. The molecule has 5 rings (SSSR count). The maximum atomic E-state index is 5.77. The minimum absolute atomic E-state index is 0.399. The highest BCUT2D eigenvalue weighted by atomic mass is 16.6. The molecule has 0 unspecified atom stereocenters. The fourth-order valence-corrected chi connectivity index (χ4v) is 4.13. The number of nitrogens with zero attached hydrogens (tertiary/aromatic N) is 4. The van der Waals surface area contributed by atoms with Gasteiger partial charge in [-0.2, -0.15) is 5.10 Å². The molecule has 2 aromatic heterocycles. The molecule has 3 aromatic rings. The molecule has 1 saturated heterocycles. The van der Waals surface area contributed by atoms with Crippen LogP contribution in [0.4, 0.5) is 0 Å². The average Bonchev–Trinajstić information content (AvgIpc) is 3.37. The number of likely N-dealkylation sites (tertiary alicyclic amines) is 1. The lowest BCUT2D eigenvalue weighted by atomic mass is 10.0. The first-order valence-electron chi connectivity index (χ1n) is 9.84. The first kappa shape index (κ1) is 17.3. The first-order valence-corrected chi connectivity index (χ1v) is 9.84. The fraction of sp³-hybridized carbons (Fsp3) is 0.364. The molecule has 0 bridgehead atoms. The number of pyridine rings is 1. The zero-order chi connectivity index (χ0) is 18.9. The minimum atomic E-state index is 0.399. The lowest BCUT2D eigenvalue weighted by Crippen LogP contribution is -2.23. The average molecular weight is 376 g/mol. The van der Waals surface area contributed by atoms with E-state index in [1.54, 1.807) is 0 Å². The lowest BCUT2D eigenvalue weighted by molar-refractivity contribution is 0.170. The second kappa shape index (κ2) is 7.28. The number of rotatable bonds is 4. The Kier molecular flexibility index (Phi) is 4.49. The van der Waals surface area contributed by atoms with E-state index < -0.39 is 0 Å². The second-order valence-corrected chi connectivity index (χ2v) is 7.47. The Morgan fingerprint density at radius 2 is 1.93 bits per heavy atom. The van der Waals surface area contributed by atoms with Crippen molar-refractivity contribution in [2.75, 3.05) is 19.8 Å². The Balaban J connectivity index is 1.32. The SMILES string of the molecule is Cn1cc(-c2ccc(CN3CCC[C@H]3c3ccc4c(c3)OCCO4)nc2)cn1. The Bertz CT molecular complexity index is 967. The van der Waals surface area contributed by atoms with Crippen LogP contribution in [0.1, 0.15) is 30.1 Å². The standard InChI is InChI=1S/C22H24N4O2/c1-25-14-18(13-24-25)17-4-6-19(23-12-17)15-26-8-2-3-20(26)16-5-7-21-22(11-16)28-10-9-27-21/h4-7,11-14,20H,2-3,8-10,15H2,1H3/t20-/m0/s1. The van der Waals surface area contributed by atoms with Crippen LogP contribution >= 0.6 is 0 Å². The van der Waals surface area contributed by atoms with E-state index in [1.807, 2.05) is 36.4 Å². The molecule has 0 saturated carbocycles. The molecule has 28 heavy (non-hydrogen) atoms. The third-order valence-corrected chi connectivity index (χ3v) is 5.54. The van der Waals surface area contributed by atoms with E-state index >= 15 is 0 Å². The summed E-state index contributed by atoms with van der Waals surface area (Å²) in [5.41, 5.74) is 4.59. The van der Waals surface area contributed by atoms with Gasteiger partial charge in [-0.15, -0.1) is 0 Å². The minimum Gasteiger partial charge on any atom is -0.486 e. The van der Waals surface area contributed by atoms with E-state index in [9.17, 15) is 0 Å². The van der Waals surface area contributed by atoms with Crippen molar-refractivity contribution >= 4 is 0 Å². The van der Waals surface area contributed by atoms with Crippen LogP contribution in [0.5, 0.6) is 11.5 Å². The van der Waals surface area contributed by atoms with Gasteiger partial charge in [-0.05, 0) is 43.1 Å². The van der Waals surface area contributed by atoms with Crippen LogP contribution in [0.25, 0.3) is 11.1 Å². The molecular formula is C22H24N4O2. The second-order valence-electron chi connectivity index (χ2n) is 7.47. The van der Waals surface area contributed by atoms with E-state index in [-0.39, 0.29) is 0 Å². The van der Waals surface area contributed by atoms with Gasteiger partial charge in [-0.25, -0.2) is 0 Å². The van der Waals surface area contributed by atoms with E-state index in [2.05, 4.69) is 34.3 Å². The molecule has 2 aliphatic rings. The van der Waals surface area contributed by atoms with Crippen LogP contribution in [0, 0.1) is 0 Å². The highest BCUT2D eigenvalue weighted by Gasteiger charge is 2.27. The summed E-state index contributed by atoms with van der Waals surface area (Å²) in [6.07, 6.45) is 8.19. The van der Waals surface area contributed by atoms with Crippen LogP contribution in [0.3, 0.4) is 0 Å². The molecule has 0 amide bonds. The maximum Gasteiger partial charge on any atom is 0.161 e. The van der Waals surface area contributed by atoms with Crippen molar-refractivity contribution in [1.82, 2.24) is 19.7 Å². The molecule has 0 radical (unpaired) electrons. The number of aromatic nitrogens is 3. The molecule has 1 aromatic carbocycles. The molecule has 1 atom stereocenters. The third kappa shape index (κ3) is 3.36. The van der Waals surface area contributed by atoms with E-state index in [1.165, 1.54) is 12.0 Å². The van der Waals surface area contributed by atoms with Gasteiger partial charge in [0.05, 0.1) is 11.9 Å². The zero-order valence-corrected chi connectivity index (χ0v) is 16.0. The molecule has 0 aliphatic carbocycles. The topological polar surface area (TPSA) is 52.4 Å². The summed E-state index contributed by atoms with van der Waals surface area (Å²) < 4.78 is 13.2. The van der Waals surface area contributed by atoms with Gasteiger partial charge in [0.1, 0.15) is 13.2 Å². The molecule has 4 heterocycles. The smallest absolute Gasteiger partial charge is 0.161 e. The molecule has 1 fully saturated rings. The van der Waals surface area contributed by atoms with Crippen molar-refractivity contribution in [2.24, 2.45) is 7.05 Å². The van der Waals surface area contributed by atoms with E-state index in [4.69, 9.17) is 14.5 Å². The lowest BCUT2D eigenvalue weighted by Gasteiger charge is -2.26. The molecule has 0 N–H and O–H groups in total. The Hall–Kier alpha value is -2.86. The number of hydrogen-bond donors (Lipinski definition) is 0. The summed E-state index contributed by atoms with van der Waals surface area (Å²) in [6.45, 7) is 3.19. The predicted molar refractivity (Wildman–Crippen MR) is 106 cm³/mol. The molecular weight excluding hydrogens is 352 g/mol. The Morgan fingerprint density at radius 3 is 2.71 bits per heavy atom. The van der Waals surface area contributed by atoms with E-state index in [0.717, 1.165) is 47.8 Å². The molecule has 6 heteroatoms. The van der Waals surface area contributed by atoms with Crippen LogP contribution in [0.2, 0.25) is 0 Å². The Morgan fingerprint density at radius 1 is 1.04 bits per heavy atom. The number of aryl methyl sites for hydroxylation is 1.